The minimum absolute atomic E-state index is 0.754. The summed E-state index contributed by atoms with van der Waals surface area (Å²) in [5.41, 5.74) is 7.52. The normalized spacial score (nSPS) is 18.9. The maximum atomic E-state index is 4.48. The number of allylic oxidation sites excluding steroid dienone is 3. The lowest BCUT2D eigenvalue weighted by Gasteiger charge is -2.19. The van der Waals surface area contributed by atoms with E-state index in [1.54, 1.807) is 11.1 Å². The molecule has 0 bridgehead atoms. The SMILES string of the molecule is C=C(CCC(C=C1CCCCC1)CCC)c1ccc(C)cc1C1CC1. The zero-order chi connectivity index (χ0) is 17.6. The molecule has 1 atom stereocenters. The predicted molar refractivity (Wildman–Crippen MR) is 111 cm³/mol. The molecular formula is C25H36. The van der Waals surface area contributed by atoms with Crippen molar-refractivity contribution in [2.24, 2.45) is 5.92 Å². The summed E-state index contributed by atoms with van der Waals surface area (Å²) in [6.07, 6.45) is 17.4. The second kappa shape index (κ2) is 8.88. The van der Waals surface area contributed by atoms with Crippen molar-refractivity contribution in [1.82, 2.24) is 0 Å². The van der Waals surface area contributed by atoms with Crippen LogP contribution in [-0.2, 0) is 0 Å². The van der Waals surface area contributed by atoms with Crippen molar-refractivity contribution in [2.45, 2.75) is 90.4 Å². The molecule has 1 aromatic rings. The average Bonchev–Trinajstić information content (AvgIpc) is 3.45. The van der Waals surface area contributed by atoms with E-state index < -0.39 is 0 Å². The lowest BCUT2D eigenvalue weighted by Crippen LogP contribution is -2.02. The predicted octanol–water partition coefficient (Wildman–Crippen LogP) is 7.97. The molecule has 2 fully saturated rings. The Morgan fingerprint density at radius 1 is 1.16 bits per heavy atom. The van der Waals surface area contributed by atoms with E-state index in [9.17, 15) is 0 Å². The second-order valence-electron chi connectivity index (χ2n) is 8.44. The molecule has 136 valence electrons. The van der Waals surface area contributed by atoms with E-state index in [0.717, 1.165) is 18.3 Å². The molecule has 0 saturated heterocycles. The maximum absolute atomic E-state index is 4.48. The van der Waals surface area contributed by atoms with Crippen molar-refractivity contribution in [1.29, 1.82) is 0 Å². The first-order chi connectivity index (χ1) is 12.2. The summed E-state index contributed by atoms with van der Waals surface area (Å²) in [4.78, 5) is 0. The highest BCUT2D eigenvalue weighted by molar-refractivity contribution is 5.67. The average molecular weight is 337 g/mol. The highest BCUT2D eigenvalue weighted by Crippen LogP contribution is 2.44. The third-order valence-corrected chi connectivity index (χ3v) is 6.05. The zero-order valence-electron chi connectivity index (χ0n) is 16.4. The van der Waals surface area contributed by atoms with Crippen LogP contribution in [0, 0.1) is 12.8 Å². The number of hydrogen-bond donors (Lipinski definition) is 0. The topological polar surface area (TPSA) is 0 Å². The van der Waals surface area contributed by atoms with Gasteiger partial charge in [-0.1, -0.05) is 61.8 Å². The molecule has 0 aromatic heterocycles. The van der Waals surface area contributed by atoms with Gasteiger partial charge in [0.25, 0.3) is 0 Å². The van der Waals surface area contributed by atoms with E-state index >= 15 is 0 Å². The molecule has 0 spiro atoms. The van der Waals surface area contributed by atoms with Gasteiger partial charge in [-0.15, -0.1) is 0 Å². The number of aryl methyl sites for hydroxylation is 1. The summed E-state index contributed by atoms with van der Waals surface area (Å²) < 4.78 is 0. The summed E-state index contributed by atoms with van der Waals surface area (Å²) in [7, 11) is 0. The van der Waals surface area contributed by atoms with Crippen LogP contribution in [0.15, 0.2) is 36.4 Å². The molecule has 2 aliphatic rings. The van der Waals surface area contributed by atoms with Crippen LogP contribution in [0.3, 0.4) is 0 Å². The molecular weight excluding hydrogens is 300 g/mol. The van der Waals surface area contributed by atoms with Crippen LogP contribution in [0.4, 0.5) is 0 Å². The Hall–Kier alpha value is -1.30. The quantitative estimate of drug-likeness (QED) is 0.422. The minimum atomic E-state index is 0.754. The van der Waals surface area contributed by atoms with Crippen molar-refractivity contribution < 1.29 is 0 Å². The molecule has 0 heteroatoms. The Bertz CT molecular complexity index is 607. The highest BCUT2D eigenvalue weighted by atomic mass is 14.3. The van der Waals surface area contributed by atoms with Crippen molar-refractivity contribution in [3.05, 3.63) is 53.1 Å². The summed E-state index contributed by atoms with van der Waals surface area (Å²) in [6.45, 7) is 9.02. The molecule has 1 aromatic carbocycles. The van der Waals surface area contributed by atoms with Gasteiger partial charge in [-0.05, 0) is 93.2 Å². The van der Waals surface area contributed by atoms with Crippen LogP contribution >= 0.6 is 0 Å². The molecule has 0 N–H and O–H groups in total. The summed E-state index contributed by atoms with van der Waals surface area (Å²) in [5, 5.41) is 0. The van der Waals surface area contributed by atoms with Gasteiger partial charge < -0.3 is 0 Å². The molecule has 2 saturated carbocycles. The smallest absolute Gasteiger partial charge is 0.0155 e. The van der Waals surface area contributed by atoms with Crippen LogP contribution < -0.4 is 0 Å². The van der Waals surface area contributed by atoms with Gasteiger partial charge in [0.05, 0.1) is 0 Å². The van der Waals surface area contributed by atoms with E-state index in [2.05, 4.69) is 44.7 Å². The van der Waals surface area contributed by atoms with Crippen molar-refractivity contribution in [3.8, 4) is 0 Å². The fraction of sp³-hybridized carbons (Fsp3) is 0.600. The first-order valence-corrected chi connectivity index (χ1v) is 10.7. The lowest BCUT2D eigenvalue weighted by atomic mass is 9.86. The van der Waals surface area contributed by atoms with Gasteiger partial charge in [0.15, 0.2) is 0 Å². The molecule has 0 aliphatic heterocycles. The van der Waals surface area contributed by atoms with E-state index in [1.165, 1.54) is 80.9 Å². The molecule has 3 rings (SSSR count). The summed E-state index contributed by atoms with van der Waals surface area (Å²) in [6, 6.07) is 7.01. The third kappa shape index (κ3) is 5.33. The van der Waals surface area contributed by atoms with Crippen molar-refractivity contribution in [3.63, 3.8) is 0 Å². The van der Waals surface area contributed by atoms with Crippen molar-refractivity contribution in [2.75, 3.05) is 0 Å². The fourth-order valence-electron chi connectivity index (χ4n) is 4.42. The second-order valence-corrected chi connectivity index (χ2v) is 8.44. The van der Waals surface area contributed by atoms with Crippen LogP contribution in [0.25, 0.3) is 5.57 Å². The number of benzene rings is 1. The van der Waals surface area contributed by atoms with Gasteiger partial charge >= 0.3 is 0 Å². The highest BCUT2D eigenvalue weighted by Gasteiger charge is 2.26. The van der Waals surface area contributed by atoms with Crippen LogP contribution in [0.1, 0.15) is 100 Å². The van der Waals surface area contributed by atoms with Gasteiger partial charge in [-0.2, -0.15) is 0 Å². The lowest BCUT2D eigenvalue weighted by molar-refractivity contribution is 0.525. The third-order valence-electron chi connectivity index (χ3n) is 6.05. The number of rotatable bonds is 8. The minimum Gasteiger partial charge on any atom is -0.0952 e. The summed E-state index contributed by atoms with van der Waals surface area (Å²) in [5.74, 6) is 1.56. The first kappa shape index (κ1) is 18.5. The Kier molecular flexibility index (Phi) is 6.57. The molecule has 0 radical (unpaired) electrons. The zero-order valence-corrected chi connectivity index (χ0v) is 16.4. The number of hydrogen-bond acceptors (Lipinski definition) is 0. The monoisotopic (exact) mass is 336 g/mol. The van der Waals surface area contributed by atoms with Gasteiger partial charge in [-0.25, -0.2) is 0 Å². The van der Waals surface area contributed by atoms with Crippen LogP contribution in [0.5, 0.6) is 0 Å². The van der Waals surface area contributed by atoms with Gasteiger partial charge in [0.2, 0.25) is 0 Å². The molecule has 0 nitrogen and oxygen atoms in total. The Morgan fingerprint density at radius 2 is 1.92 bits per heavy atom. The van der Waals surface area contributed by atoms with E-state index in [1.807, 2.05) is 0 Å². The largest absolute Gasteiger partial charge is 0.0952 e. The van der Waals surface area contributed by atoms with Gasteiger partial charge in [0.1, 0.15) is 0 Å². The van der Waals surface area contributed by atoms with E-state index in [4.69, 9.17) is 0 Å². The molecule has 0 heterocycles. The van der Waals surface area contributed by atoms with Crippen LogP contribution in [0.2, 0.25) is 0 Å². The first-order valence-electron chi connectivity index (χ1n) is 10.7. The standard InChI is InChI=1S/C25H36/c1-4-8-21(18-22-9-6-5-7-10-22)13-12-20(3)24-16-11-19(2)17-25(24)23-14-15-23/h11,16-18,21,23H,3-10,12-15H2,1-2H3. The summed E-state index contributed by atoms with van der Waals surface area (Å²) >= 11 is 0. The fourth-order valence-corrected chi connectivity index (χ4v) is 4.42. The molecule has 1 unspecified atom stereocenters. The Morgan fingerprint density at radius 3 is 2.60 bits per heavy atom. The molecule has 2 aliphatic carbocycles. The van der Waals surface area contributed by atoms with E-state index in [-0.39, 0.29) is 0 Å². The van der Waals surface area contributed by atoms with Gasteiger partial charge in [0, 0.05) is 0 Å². The molecule has 0 amide bonds. The molecule has 25 heavy (non-hydrogen) atoms. The van der Waals surface area contributed by atoms with Crippen molar-refractivity contribution >= 4 is 5.57 Å². The van der Waals surface area contributed by atoms with Gasteiger partial charge in [-0.3, -0.25) is 0 Å². The van der Waals surface area contributed by atoms with Crippen LogP contribution in [-0.4, -0.2) is 0 Å². The Balaban J connectivity index is 1.63. The maximum Gasteiger partial charge on any atom is -0.0155 e. The Labute approximate surface area is 155 Å². The van der Waals surface area contributed by atoms with E-state index in [0.29, 0.717) is 0 Å².